The summed E-state index contributed by atoms with van der Waals surface area (Å²) in [6.07, 6.45) is 2.83. The lowest BCUT2D eigenvalue weighted by atomic mass is 9.95. The molecule has 2 aliphatic heterocycles. The van der Waals surface area contributed by atoms with Crippen molar-refractivity contribution in [2.75, 3.05) is 13.1 Å². The lowest BCUT2D eigenvalue weighted by molar-refractivity contribution is -0.130. The predicted octanol–water partition coefficient (Wildman–Crippen LogP) is 1.92. The first-order valence-electron chi connectivity index (χ1n) is 9.05. The van der Waals surface area contributed by atoms with Crippen molar-refractivity contribution >= 4 is 17.5 Å². The number of hydrogen-bond acceptors (Lipinski definition) is 6. The highest BCUT2D eigenvalue weighted by atomic mass is 16.6. The number of carbonyl (C=O) groups is 2. The third-order valence-electron chi connectivity index (χ3n) is 4.93. The van der Waals surface area contributed by atoms with E-state index < -0.39 is 0 Å². The minimum Gasteiger partial charge on any atom is -0.448 e. The average molecular weight is 380 g/mol. The molecule has 28 heavy (non-hydrogen) atoms. The predicted molar refractivity (Wildman–Crippen MR) is 100 cm³/mol. The highest BCUT2D eigenvalue weighted by Crippen LogP contribution is 2.30. The van der Waals surface area contributed by atoms with E-state index in [2.05, 4.69) is 22.0 Å². The van der Waals surface area contributed by atoms with Gasteiger partial charge in [-0.2, -0.15) is 0 Å². The Labute approximate surface area is 161 Å². The molecule has 3 heterocycles. The van der Waals surface area contributed by atoms with Crippen LogP contribution in [0.3, 0.4) is 0 Å². The SMILES string of the molecule is C=CC(=O)N1CC(c2ocnc2CNC(=O)C2=NOC(c3ccccc3)C2)C1. The summed E-state index contributed by atoms with van der Waals surface area (Å²) in [6, 6.07) is 9.67. The molecule has 0 saturated carbocycles. The van der Waals surface area contributed by atoms with Crippen LogP contribution in [0.2, 0.25) is 0 Å². The zero-order valence-electron chi connectivity index (χ0n) is 15.2. The van der Waals surface area contributed by atoms with Crippen LogP contribution in [0.15, 0.2) is 59.0 Å². The van der Waals surface area contributed by atoms with E-state index in [0.717, 1.165) is 5.56 Å². The maximum atomic E-state index is 12.4. The van der Waals surface area contributed by atoms with Gasteiger partial charge in [0.15, 0.2) is 12.5 Å². The number of amides is 2. The molecule has 2 aromatic rings. The molecule has 1 unspecified atom stereocenters. The fourth-order valence-electron chi connectivity index (χ4n) is 3.32. The first-order valence-corrected chi connectivity index (χ1v) is 9.05. The van der Waals surface area contributed by atoms with Gasteiger partial charge < -0.3 is 19.5 Å². The van der Waals surface area contributed by atoms with Crippen molar-refractivity contribution in [1.29, 1.82) is 0 Å². The number of nitrogens with zero attached hydrogens (tertiary/aromatic N) is 3. The molecule has 1 saturated heterocycles. The van der Waals surface area contributed by atoms with Crippen LogP contribution in [0.5, 0.6) is 0 Å². The fraction of sp³-hybridized carbons (Fsp3) is 0.300. The van der Waals surface area contributed by atoms with Gasteiger partial charge in [0.2, 0.25) is 5.91 Å². The summed E-state index contributed by atoms with van der Waals surface area (Å²) in [7, 11) is 0. The maximum absolute atomic E-state index is 12.4. The lowest BCUT2D eigenvalue weighted by Gasteiger charge is -2.37. The molecular formula is C20H20N4O4. The zero-order chi connectivity index (χ0) is 19.5. The Morgan fingerprint density at radius 2 is 2.07 bits per heavy atom. The van der Waals surface area contributed by atoms with Crippen LogP contribution in [0.25, 0.3) is 0 Å². The summed E-state index contributed by atoms with van der Waals surface area (Å²) < 4.78 is 5.48. The average Bonchev–Trinajstić information content (AvgIpc) is 3.35. The van der Waals surface area contributed by atoms with Crippen LogP contribution in [0.4, 0.5) is 0 Å². The Morgan fingerprint density at radius 1 is 1.29 bits per heavy atom. The van der Waals surface area contributed by atoms with Gasteiger partial charge in [-0.25, -0.2) is 4.98 Å². The van der Waals surface area contributed by atoms with Crippen molar-refractivity contribution in [2.24, 2.45) is 5.16 Å². The first kappa shape index (κ1) is 18.0. The van der Waals surface area contributed by atoms with E-state index in [1.54, 1.807) is 4.90 Å². The second kappa shape index (κ2) is 7.67. The van der Waals surface area contributed by atoms with Crippen LogP contribution >= 0.6 is 0 Å². The first-order chi connectivity index (χ1) is 13.7. The van der Waals surface area contributed by atoms with Crippen molar-refractivity contribution in [1.82, 2.24) is 15.2 Å². The summed E-state index contributed by atoms with van der Waals surface area (Å²) in [4.78, 5) is 35.2. The molecule has 8 heteroatoms. The molecular weight excluding hydrogens is 360 g/mol. The molecule has 1 fully saturated rings. The van der Waals surface area contributed by atoms with E-state index in [0.29, 0.717) is 36.7 Å². The smallest absolute Gasteiger partial charge is 0.269 e. The van der Waals surface area contributed by atoms with Crippen LogP contribution in [0.1, 0.15) is 35.5 Å². The second-order valence-electron chi connectivity index (χ2n) is 6.74. The third-order valence-corrected chi connectivity index (χ3v) is 4.93. The Hall–Kier alpha value is -3.42. The maximum Gasteiger partial charge on any atom is 0.269 e. The largest absolute Gasteiger partial charge is 0.448 e. The topological polar surface area (TPSA) is 97.0 Å². The van der Waals surface area contributed by atoms with Crippen molar-refractivity contribution < 1.29 is 18.8 Å². The molecule has 4 rings (SSSR count). The molecule has 8 nitrogen and oxygen atoms in total. The summed E-state index contributed by atoms with van der Waals surface area (Å²) in [6.45, 7) is 4.82. The molecule has 0 aliphatic carbocycles. The van der Waals surface area contributed by atoms with Crippen LogP contribution in [-0.2, 0) is 21.0 Å². The van der Waals surface area contributed by atoms with Crippen molar-refractivity contribution in [2.45, 2.75) is 25.0 Å². The number of rotatable bonds is 6. The van der Waals surface area contributed by atoms with E-state index in [1.807, 2.05) is 30.3 Å². The highest BCUT2D eigenvalue weighted by Gasteiger charge is 2.35. The molecule has 0 spiro atoms. The van der Waals surface area contributed by atoms with Crippen LogP contribution < -0.4 is 5.32 Å². The molecule has 1 N–H and O–H groups in total. The molecule has 1 aromatic carbocycles. The third kappa shape index (κ3) is 3.53. The molecule has 2 amide bonds. The van der Waals surface area contributed by atoms with Gasteiger partial charge in [0.25, 0.3) is 5.91 Å². The highest BCUT2D eigenvalue weighted by molar-refractivity contribution is 6.39. The van der Waals surface area contributed by atoms with Gasteiger partial charge in [-0.15, -0.1) is 0 Å². The minimum atomic E-state index is -0.288. The van der Waals surface area contributed by atoms with Crippen LogP contribution in [-0.4, -0.2) is 40.5 Å². The number of oxazole rings is 1. The number of nitrogens with one attached hydrogen (secondary N) is 1. The van der Waals surface area contributed by atoms with Gasteiger partial charge in [0.05, 0.1) is 12.5 Å². The van der Waals surface area contributed by atoms with Crippen molar-refractivity contribution in [3.63, 3.8) is 0 Å². The molecule has 0 bridgehead atoms. The number of aromatic nitrogens is 1. The van der Waals surface area contributed by atoms with Crippen LogP contribution in [0, 0.1) is 0 Å². The Balaban J connectivity index is 1.30. The van der Waals surface area contributed by atoms with Crippen molar-refractivity contribution in [3.8, 4) is 0 Å². The van der Waals surface area contributed by atoms with E-state index in [1.165, 1.54) is 12.5 Å². The Morgan fingerprint density at radius 3 is 2.82 bits per heavy atom. The number of likely N-dealkylation sites (tertiary alicyclic amines) is 1. The molecule has 144 valence electrons. The molecule has 1 atom stereocenters. The Kier molecular flexibility index (Phi) is 4.92. The summed E-state index contributed by atoms with van der Waals surface area (Å²) >= 11 is 0. The number of hydrogen-bond donors (Lipinski definition) is 1. The van der Waals surface area contributed by atoms with E-state index in [-0.39, 0.29) is 30.4 Å². The molecule has 1 aromatic heterocycles. The van der Waals surface area contributed by atoms with Gasteiger partial charge >= 0.3 is 0 Å². The fourth-order valence-corrected chi connectivity index (χ4v) is 3.32. The summed E-state index contributed by atoms with van der Waals surface area (Å²) in [5.41, 5.74) is 1.99. The van der Waals surface area contributed by atoms with Crippen molar-refractivity contribution in [3.05, 3.63) is 66.4 Å². The number of carbonyl (C=O) groups excluding carboxylic acids is 2. The van der Waals surface area contributed by atoms with E-state index >= 15 is 0 Å². The summed E-state index contributed by atoms with van der Waals surface area (Å²) in [5.74, 6) is 0.385. The quantitative estimate of drug-likeness (QED) is 0.773. The number of oxime groups is 1. The van der Waals surface area contributed by atoms with Gasteiger partial charge in [-0.05, 0) is 11.6 Å². The summed E-state index contributed by atoms with van der Waals surface area (Å²) in [5, 5.41) is 6.74. The zero-order valence-corrected chi connectivity index (χ0v) is 15.2. The standard InChI is InChI=1S/C20H20N4O4/c1-2-18(25)24-10-14(11-24)19-16(22-12-27-19)9-21-20(26)15-8-17(28-23-15)13-6-4-3-5-7-13/h2-7,12,14,17H,1,8-11H2,(H,21,26). The number of benzene rings is 1. The van der Waals surface area contributed by atoms with Gasteiger partial charge in [0, 0.05) is 19.5 Å². The van der Waals surface area contributed by atoms with Gasteiger partial charge in [0.1, 0.15) is 17.2 Å². The minimum absolute atomic E-state index is 0.0768. The molecule has 2 aliphatic rings. The normalized spacial score (nSPS) is 18.8. The van der Waals surface area contributed by atoms with E-state index in [4.69, 9.17) is 9.25 Å². The van der Waals surface area contributed by atoms with Gasteiger partial charge in [-0.1, -0.05) is 42.1 Å². The second-order valence-corrected chi connectivity index (χ2v) is 6.74. The lowest BCUT2D eigenvalue weighted by Crippen LogP contribution is -2.48. The Bertz CT molecular complexity index is 915. The van der Waals surface area contributed by atoms with Gasteiger partial charge in [-0.3, -0.25) is 9.59 Å². The molecule has 0 radical (unpaired) electrons. The monoisotopic (exact) mass is 380 g/mol. The van der Waals surface area contributed by atoms with E-state index in [9.17, 15) is 9.59 Å².